The lowest BCUT2D eigenvalue weighted by Crippen LogP contribution is -3.10. The summed E-state index contributed by atoms with van der Waals surface area (Å²) < 4.78 is 0. The fraction of sp³-hybridized carbons (Fsp3) is 0.350. The van der Waals surface area contributed by atoms with Gasteiger partial charge in [-0.15, -0.1) is 11.3 Å². The first-order valence-corrected chi connectivity index (χ1v) is 9.42. The molecule has 1 amide bonds. The van der Waals surface area contributed by atoms with E-state index in [1.165, 1.54) is 16.7 Å². The summed E-state index contributed by atoms with van der Waals surface area (Å²) in [5.74, 6) is -0.0483. The lowest BCUT2D eigenvalue weighted by molar-refractivity contribution is -0.910. The quantitative estimate of drug-likeness (QED) is 0.710. The first-order valence-electron chi connectivity index (χ1n) is 8.54. The zero-order valence-corrected chi connectivity index (χ0v) is 15.6. The van der Waals surface area contributed by atoms with Crippen LogP contribution in [-0.2, 0) is 17.9 Å². The molecular weight excluding hydrogens is 316 g/mol. The van der Waals surface area contributed by atoms with Crippen LogP contribution >= 0.6 is 11.3 Å². The van der Waals surface area contributed by atoms with E-state index in [0.29, 0.717) is 6.54 Å². The molecule has 0 radical (unpaired) electrons. The summed E-state index contributed by atoms with van der Waals surface area (Å²) in [4.78, 5) is 14.7. The van der Waals surface area contributed by atoms with Crippen molar-refractivity contribution in [2.45, 2.75) is 33.9 Å². The monoisotopic (exact) mass is 343 g/mol. The zero-order valence-electron chi connectivity index (χ0n) is 14.8. The van der Waals surface area contributed by atoms with Crippen molar-refractivity contribution in [3.05, 3.63) is 63.4 Å². The van der Waals surface area contributed by atoms with Gasteiger partial charge in [0.1, 0.15) is 6.54 Å². The summed E-state index contributed by atoms with van der Waals surface area (Å²) in [5, 5.41) is 5.04. The molecule has 0 fully saturated rings. The molecule has 0 spiro atoms. The van der Waals surface area contributed by atoms with Gasteiger partial charge in [0.2, 0.25) is 5.91 Å². The molecular formula is C20H27N2OS+. The van der Waals surface area contributed by atoms with E-state index in [2.05, 4.69) is 50.4 Å². The maximum atomic E-state index is 12.1. The minimum Gasteiger partial charge on any atom is -0.348 e. The van der Waals surface area contributed by atoms with Crippen molar-refractivity contribution >= 4 is 23.3 Å². The van der Waals surface area contributed by atoms with Gasteiger partial charge in [0, 0.05) is 23.1 Å². The van der Waals surface area contributed by atoms with E-state index in [1.54, 1.807) is 22.3 Å². The Hall–Kier alpha value is -1.91. The van der Waals surface area contributed by atoms with E-state index in [4.69, 9.17) is 0 Å². The molecule has 2 aromatic rings. The summed E-state index contributed by atoms with van der Waals surface area (Å²) >= 11 is 1.65. The van der Waals surface area contributed by atoms with Crippen LogP contribution in [0, 0.1) is 6.92 Å². The highest BCUT2D eigenvalue weighted by molar-refractivity contribution is 7.11. The molecule has 4 heteroatoms. The normalized spacial score (nSPS) is 11.3. The average Bonchev–Trinajstić information content (AvgIpc) is 3.01. The number of quaternary nitrogens is 1. The van der Waals surface area contributed by atoms with Crippen molar-refractivity contribution in [3.8, 4) is 0 Å². The molecule has 0 aliphatic heterocycles. The lowest BCUT2D eigenvalue weighted by atomic mass is 10.1. The van der Waals surface area contributed by atoms with Crippen LogP contribution in [0.3, 0.4) is 0 Å². The first-order chi connectivity index (χ1) is 11.6. The number of nitrogens with one attached hydrogen (secondary N) is 2. The van der Waals surface area contributed by atoms with Crippen LogP contribution in [0.2, 0.25) is 0 Å². The van der Waals surface area contributed by atoms with Crippen LogP contribution in [0.25, 0.3) is 6.08 Å². The van der Waals surface area contributed by atoms with E-state index in [1.807, 2.05) is 17.5 Å². The Kier molecular flexibility index (Phi) is 7.22. The van der Waals surface area contributed by atoms with Crippen LogP contribution in [0.4, 0.5) is 0 Å². The van der Waals surface area contributed by atoms with E-state index >= 15 is 0 Å². The average molecular weight is 344 g/mol. The molecule has 1 heterocycles. The van der Waals surface area contributed by atoms with Crippen molar-refractivity contribution < 1.29 is 9.69 Å². The first kappa shape index (κ1) is 18.4. The van der Waals surface area contributed by atoms with Crippen LogP contribution in [-0.4, -0.2) is 19.0 Å². The number of carbonyl (C=O) groups excluding carboxylic acids is 1. The van der Waals surface area contributed by atoms with Gasteiger partial charge < -0.3 is 10.2 Å². The number of hydrogen-bond donors (Lipinski definition) is 2. The summed E-state index contributed by atoms with van der Waals surface area (Å²) in [5.41, 5.74) is 3.72. The number of rotatable bonds is 8. The number of hydrogen-bond acceptors (Lipinski definition) is 2. The lowest BCUT2D eigenvalue weighted by Gasteiger charge is -2.17. The molecule has 0 unspecified atom stereocenters. The third-order valence-corrected chi connectivity index (χ3v) is 5.28. The van der Waals surface area contributed by atoms with Gasteiger partial charge in [-0.2, -0.15) is 0 Å². The Morgan fingerprint density at radius 1 is 1.17 bits per heavy atom. The highest BCUT2D eigenvalue weighted by Crippen LogP contribution is 2.16. The number of aryl methyl sites for hydroxylation is 1. The molecule has 128 valence electrons. The summed E-state index contributed by atoms with van der Waals surface area (Å²) in [7, 11) is 0. The second kappa shape index (κ2) is 9.40. The largest absolute Gasteiger partial charge is 0.348 e. The Morgan fingerprint density at radius 3 is 2.50 bits per heavy atom. The third-order valence-electron chi connectivity index (χ3n) is 4.30. The predicted octanol–water partition coefficient (Wildman–Crippen LogP) is 2.81. The maximum Gasteiger partial charge on any atom is 0.244 e. The highest BCUT2D eigenvalue weighted by atomic mass is 32.1. The Balaban J connectivity index is 1.95. The summed E-state index contributed by atoms with van der Waals surface area (Å²) in [6.07, 6.45) is 3.51. The van der Waals surface area contributed by atoms with Crippen LogP contribution in [0.5, 0.6) is 0 Å². The molecule has 0 saturated heterocycles. The fourth-order valence-electron chi connectivity index (χ4n) is 2.62. The van der Waals surface area contributed by atoms with E-state index in [0.717, 1.165) is 24.5 Å². The molecule has 2 rings (SSSR count). The Labute approximate surface area is 149 Å². The van der Waals surface area contributed by atoms with Crippen LogP contribution < -0.4 is 10.2 Å². The molecule has 0 saturated carbocycles. The molecule has 3 nitrogen and oxygen atoms in total. The molecule has 0 bridgehead atoms. The van der Waals surface area contributed by atoms with Gasteiger partial charge in [0.25, 0.3) is 0 Å². The number of benzene rings is 1. The molecule has 1 aromatic carbocycles. The topological polar surface area (TPSA) is 33.5 Å². The predicted molar refractivity (Wildman–Crippen MR) is 102 cm³/mol. The molecule has 0 aliphatic rings. The van der Waals surface area contributed by atoms with Crippen molar-refractivity contribution in [2.24, 2.45) is 0 Å². The van der Waals surface area contributed by atoms with Crippen LogP contribution in [0.15, 0.2) is 41.8 Å². The minimum atomic E-state index is -0.0483. The van der Waals surface area contributed by atoms with Crippen molar-refractivity contribution in [3.63, 3.8) is 0 Å². The molecule has 24 heavy (non-hydrogen) atoms. The second-order valence-electron chi connectivity index (χ2n) is 5.92. The molecule has 1 aromatic heterocycles. The van der Waals surface area contributed by atoms with Gasteiger partial charge in [0.15, 0.2) is 0 Å². The van der Waals surface area contributed by atoms with Gasteiger partial charge in [0.05, 0.1) is 13.1 Å². The third kappa shape index (κ3) is 5.32. The zero-order chi connectivity index (χ0) is 17.4. The van der Waals surface area contributed by atoms with Crippen molar-refractivity contribution in [1.82, 2.24) is 5.32 Å². The van der Waals surface area contributed by atoms with Gasteiger partial charge in [-0.3, -0.25) is 4.79 Å². The maximum absolute atomic E-state index is 12.1. The molecule has 0 atom stereocenters. The molecule has 0 aliphatic carbocycles. The summed E-state index contributed by atoms with van der Waals surface area (Å²) in [6, 6.07) is 10.4. The smallest absolute Gasteiger partial charge is 0.244 e. The Bertz CT molecular complexity index is 686. The number of carbonyl (C=O) groups is 1. The number of thiophene rings is 1. The minimum absolute atomic E-state index is 0.0483. The highest BCUT2D eigenvalue weighted by Gasteiger charge is 2.09. The molecule has 2 N–H and O–H groups in total. The Morgan fingerprint density at radius 2 is 1.88 bits per heavy atom. The van der Waals surface area contributed by atoms with E-state index < -0.39 is 0 Å². The van der Waals surface area contributed by atoms with Gasteiger partial charge in [-0.1, -0.05) is 24.3 Å². The van der Waals surface area contributed by atoms with E-state index in [-0.39, 0.29) is 5.91 Å². The fourth-order valence-corrected chi connectivity index (χ4v) is 3.44. The second-order valence-corrected chi connectivity index (χ2v) is 6.87. The van der Waals surface area contributed by atoms with Gasteiger partial charge in [-0.05, 0) is 49.4 Å². The van der Waals surface area contributed by atoms with Crippen LogP contribution in [0.1, 0.15) is 35.4 Å². The SMILES string of the molecule is CC[NH+](CC)Cc1ccccc1CNC(=O)/C=C/c1sccc1C. The van der Waals surface area contributed by atoms with Crippen molar-refractivity contribution in [1.29, 1.82) is 0 Å². The van der Waals surface area contributed by atoms with Crippen molar-refractivity contribution in [2.75, 3.05) is 13.1 Å². The standard InChI is InChI=1S/C20H26N2OS/c1-4-22(5-2)15-18-9-7-6-8-17(18)14-21-20(23)11-10-19-16(3)12-13-24-19/h6-13H,4-5,14-15H2,1-3H3,(H,21,23)/p+1/b11-10+. The van der Waals surface area contributed by atoms with Gasteiger partial charge in [-0.25, -0.2) is 0 Å². The number of amides is 1. The van der Waals surface area contributed by atoms with E-state index in [9.17, 15) is 4.79 Å². The van der Waals surface area contributed by atoms with Gasteiger partial charge >= 0.3 is 0 Å². The summed E-state index contributed by atoms with van der Waals surface area (Å²) in [6.45, 7) is 10.3.